The van der Waals surface area contributed by atoms with E-state index in [9.17, 15) is 4.79 Å². The van der Waals surface area contributed by atoms with E-state index in [4.69, 9.17) is 0 Å². The predicted molar refractivity (Wildman–Crippen MR) is 107 cm³/mol. The van der Waals surface area contributed by atoms with Crippen LogP contribution in [0.15, 0.2) is 54.2 Å². The number of benzene rings is 1. The molecule has 0 aliphatic carbocycles. The second-order valence-corrected chi connectivity index (χ2v) is 7.12. The monoisotopic (exact) mass is 380 g/mol. The number of amides is 1. The Morgan fingerprint density at radius 3 is 2.52 bits per heavy atom. The summed E-state index contributed by atoms with van der Waals surface area (Å²) in [4.78, 5) is 29.7. The first-order valence-corrected chi connectivity index (χ1v) is 9.71. The molecular weight excluding hydrogens is 360 g/mol. The summed E-state index contributed by atoms with van der Waals surface area (Å²) >= 11 is 1.45. The number of nitrogens with one attached hydrogen (secondary N) is 1. The predicted octanol–water partition coefficient (Wildman–Crippen LogP) is 2.36. The number of nitrogens with zero attached hydrogens (tertiary/aromatic N) is 5. The van der Waals surface area contributed by atoms with Gasteiger partial charge in [0.05, 0.1) is 12.2 Å². The third kappa shape index (κ3) is 4.47. The fourth-order valence-electron chi connectivity index (χ4n) is 3.00. The molecule has 138 valence electrons. The molecule has 8 heteroatoms. The Morgan fingerprint density at radius 2 is 1.78 bits per heavy atom. The van der Waals surface area contributed by atoms with E-state index in [0.29, 0.717) is 11.7 Å². The first-order chi connectivity index (χ1) is 13.3. The maximum Gasteiger partial charge on any atom is 0.240 e. The van der Waals surface area contributed by atoms with Crippen LogP contribution in [0.1, 0.15) is 0 Å². The number of carbonyl (C=O) groups excluding carboxylic acids is 1. The summed E-state index contributed by atoms with van der Waals surface area (Å²) in [5, 5.41) is 5.51. The van der Waals surface area contributed by atoms with Crippen molar-refractivity contribution in [2.45, 2.75) is 0 Å². The lowest BCUT2D eigenvalue weighted by atomic mass is 10.2. The van der Waals surface area contributed by atoms with E-state index in [0.717, 1.165) is 43.4 Å². The maximum absolute atomic E-state index is 12.4. The fourth-order valence-corrected chi connectivity index (χ4v) is 3.73. The molecular formula is C19H20N6OS. The van der Waals surface area contributed by atoms with Gasteiger partial charge in [-0.05, 0) is 6.07 Å². The second kappa shape index (κ2) is 8.24. The molecule has 0 spiro atoms. The van der Waals surface area contributed by atoms with Crippen LogP contribution in [-0.4, -0.2) is 58.5 Å². The Hall–Kier alpha value is -2.84. The maximum atomic E-state index is 12.4. The molecule has 7 nitrogen and oxygen atoms in total. The number of hydrogen-bond acceptors (Lipinski definition) is 7. The molecule has 0 radical (unpaired) electrons. The van der Waals surface area contributed by atoms with Crippen molar-refractivity contribution >= 4 is 28.3 Å². The standard InChI is InChI=1S/C19H20N6OS/c26-17(23-19-22-16(14-27-19)15-5-2-1-3-6-15)13-24-9-11-25(12-10-24)18-20-7-4-8-21-18/h1-8,14H,9-13H2,(H,22,23,26). The van der Waals surface area contributed by atoms with Crippen molar-refractivity contribution in [3.8, 4) is 11.3 Å². The molecule has 0 bridgehead atoms. The highest BCUT2D eigenvalue weighted by molar-refractivity contribution is 7.14. The molecule has 1 N–H and O–H groups in total. The van der Waals surface area contributed by atoms with Crippen LogP contribution in [0.5, 0.6) is 0 Å². The zero-order valence-electron chi connectivity index (χ0n) is 14.8. The lowest BCUT2D eigenvalue weighted by Crippen LogP contribution is -2.49. The average molecular weight is 380 g/mol. The zero-order valence-corrected chi connectivity index (χ0v) is 15.6. The molecule has 27 heavy (non-hydrogen) atoms. The molecule has 3 heterocycles. The molecule has 3 aromatic rings. The van der Waals surface area contributed by atoms with Gasteiger partial charge in [-0.3, -0.25) is 9.69 Å². The minimum absolute atomic E-state index is 0.0339. The Bertz CT molecular complexity index is 877. The summed E-state index contributed by atoms with van der Waals surface area (Å²) in [6.45, 7) is 3.60. The van der Waals surface area contributed by atoms with Gasteiger partial charge in [-0.2, -0.15) is 0 Å². The molecule has 0 atom stereocenters. The van der Waals surface area contributed by atoms with Gasteiger partial charge in [0.2, 0.25) is 11.9 Å². The van der Waals surface area contributed by atoms with E-state index in [-0.39, 0.29) is 5.91 Å². The van der Waals surface area contributed by atoms with Crippen molar-refractivity contribution < 1.29 is 4.79 Å². The van der Waals surface area contributed by atoms with Gasteiger partial charge in [-0.25, -0.2) is 15.0 Å². The van der Waals surface area contributed by atoms with Crippen LogP contribution in [0.4, 0.5) is 11.1 Å². The van der Waals surface area contributed by atoms with E-state index in [2.05, 4.69) is 30.1 Å². The van der Waals surface area contributed by atoms with Crippen LogP contribution >= 0.6 is 11.3 Å². The number of carbonyl (C=O) groups is 1. The van der Waals surface area contributed by atoms with Crippen LogP contribution in [-0.2, 0) is 4.79 Å². The lowest BCUT2D eigenvalue weighted by Gasteiger charge is -2.34. The molecule has 0 saturated carbocycles. The summed E-state index contributed by atoms with van der Waals surface area (Å²) in [5.74, 6) is 0.714. The highest BCUT2D eigenvalue weighted by atomic mass is 32.1. The zero-order chi connectivity index (χ0) is 18.5. The number of thiazole rings is 1. The van der Waals surface area contributed by atoms with Crippen molar-refractivity contribution in [3.05, 3.63) is 54.2 Å². The van der Waals surface area contributed by atoms with Crippen LogP contribution < -0.4 is 10.2 Å². The van der Waals surface area contributed by atoms with Crippen molar-refractivity contribution in [1.82, 2.24) is 19.9 Å². The van der Waals surface area contributed by atoms with Crippen LogP contribution in [0.25, 0.3) is 11.3 Å². The van der Waals surface area contributed by atoms with Gasteiger partial charge in [0.25, 0.3) is 0 Å². The van der Waals surface area contributed by atoms with Gasteiger partial charge in [-0.1, -0.05) is 30.3 Å². The normalized spacial score (nSPS) is 14.9. The van der Waals surface area contributed by atoms with Gasteiger partial charge in [0.1, 0.15) is 0 Å². The quantitative estimate of drug-likeness (QED) is 0.732. The Balaban J connectivity index is 1.27. The van der Waals surface area contributed by atoms with Crippen molar-refractivity contribution in [3.63, 3.8) is 0 Å². The minimum Gasteiger partial charge on any atom is -0.338 e. The molecule has 4 rings (SSSR count). The Kier molecular flexibility index (Phi) is 5.36. The van der Waals surface area contributed by atoms with E-state index < -0.39 is 0 Å². The van der Waals surface area contributed by atoms with E-state index in [1.165, 1.54) is 11.3 Å². The molecule has 0 unspecified atom stereocenters. The summed E-state index contributed by atoms with van der Waals surface area (Å²) in [6, 6.07) is 11.8. The smallest absolute Gasteiger partial charge is 0.240 e. The molecule has 1 saturated heterocycles. The van der Waals surface area contributed by atoms with E-state index in [1.807, 2.05) is 41.8 Å². The highest BCUT2D eigenvalue weighted by Gasteiger charge is 2.20. The molecule has 1 amide bonds. The van der Waals surface area contributed by atoms with E-state index in [1.54, 1.807) is 12.4 Å². The molecule has 1 aromatic carbocycles. The molecule has 1 fully saturated rings. The Morgan fingerprint density at radius 1 is 1.04 bits per heavy atom. The largest absolute Gasteiger partial charge is 0.338 e. The summed E-state index contributed by atoms with van der Waals surface area (Å²) in [7, 11) is 0. The van der Waals surface area contributed by atoms with Gasteiger partial charge in [-0.15, -0.1) is 11.3 Å². The van der Waals surface area contributed by atoms with Crippen molar-refractivity contribution in [1.29, 1.82) is 0 Å². The van der Waals surface area contributed by atoms with E-state index >= 15 is 0 Å². The third-order valence-corrected chi connectivity index (χ3v) is 5.15. The summed E-state index contributed by atoms with van der Waals surface area (Å²) < 4.78 is 0. The van der Waals surface area contributed by atoms with Crippen molar-refractivity contribution in [2.24, 2.45) is 0 Å². The lowest BCUT2D eigenvalue weighted by molar-refractivity contribution is -0.117. The van der Waals surface area contributed by atoms with Crippen LogP contribution in [0, 0.1) is 0 Å². The van der Waals surface area contributed by atoms with Gasteiger partial charge in [0, 0.05) is 49.5 Å². The van der Waals surface area contributed by atoms with Crippen molar-refractivity contribution in [2.75, 3.05) is 42.9 Å². The second-order valence-electron chi connectivity index (χ2n) is 6.26. The summed E-state index contributed by atoms with van der Waals surface area (Å²) in [5.41, 5.74) is 1.93. The molecule has 1 aliphatic rings. The first kappa shape index (κ1) is 17.6. The molecule has 1 aliphatic heterocycles. The topological polar surface area (TPSA) is 74.2 Å². The fraction of sp³-hybridized carbons (Fsp3) is 0.263. The van der Waals surface area contributed by atoms with Gasteiger partial charge >= 0.3 is 0 Å². The number of piperazine rings is 1. The Labute approximate surface area is 161 Å². The summed E-state index contributed by atoms with van der Waals surface area (Å²) in [6.07, 6.45) is 3.50. The van der Waals surface area contributed by atoms with Crippen LogP contribution in [0.2, 0.25) is 0 Å². The number of aromatic nitrogens is 3. The minimum atomic E-state index is -0.0339. The third-order valence-electron chi connectivity index (χ3n) is 4.39. The number of hydrogen-bond donors (Lipinski definition) is 1. The van der Waals surface area contributed by atoms with Gasteiger partial charge < -0.3 is 10.2 Å². The first-order valence-electron chi connectivity index (χ1n) is 8.83. The highest BCUT2D eigenvalue weighted by Crippen LogP contribution is 2.24. The molecule has 2 aromatic heterocycles. The SMILES string of the molecule is O=C(CN1CCN(c2ncccn2)CC1)Nc1nc(-c2ccccc2)cs1. The average Bonchev–Trinajstić information content (AvgIpc) is 3.18. The number of rotatable bonds is 5. The van der Waals surface area contributed by atoms with Gasteiger partial charge in [0.15, 0.2) is 5.13 Å². The number of anilines is 2. The van der Waals surface area contributed by atoms with Crippen LogP contribution in [0.3, 0.4) is 0 Å².